The van der Waals surface area contributed by atoms with Crippen molar-refractivity contribution in [2.24, 2.45) is 0 Å². The topological polar surface area (TPSA) is 112 Å². The Bertz CT molecular complexity index is 1340. The van der Waals surface area contributed by atoms with Gasteiger partial charge in [-0.2, -0.15) is 17.0 Å². The average molecular weight is 457 g/mol. The van der Waals surface area contributed by atoms with Crippen LogP contribution >= 0.6 is 11.8 Å². The smallest absolute Gasteiger partial charge is 0.306 e. The quantitative estimate of drug-likeness (QED) is 0.626. The zero-order valence-electron chi connectivity index (χ0n) is 16.7. The van der Waals surface area contributed by atoms with Crippen molar-refractivity contribution in [3.8, 4) is 6.19 Å². The fourth-order valence-electron chi connectivity index (χ4n) is 3.29. The minimum absolute atomic E-state index is 0.140. The Balaban J connectivity index is 1.65. The highest BCUT2D eigenvalue weighted by Crippen LogP contribution is 2.22. The second kappa shape index (κ2) is 8.49. The molecule has 1 fully saturated rings. The van der Waals surface area contributed by atoms with Gasteiger partial charge in [0.25, 0.3) is 10.0 Å². The molecule has 0 aliphatic carbocycles. The van der Waals surface area contributed by atoms with Crippen LogP contribution in [0.15, 0.2) is 46.9 Å². The first-order valence-corrected chi connectivity index (χ1v) is 12.2. The zero-order chi connectivity index (χ0) is 22.0. The molecule has 0 unspecified atom stereocenters. The van der Waals surface area contributed by atoms with Crippen molar-refractivity contribution in [2.75, 3.05) is 34.2 Å². The molecule has 3 heterocycles. The first-order valence-electron chi connectivity index (χ1n) is 9.52. The number of sulfonamides is 1. The Morgan fingerprint density at radius 1 is 1.23 bits per heavy atom. The lowest BCUT2D eigenvalue weighted by Crippen LogP contribution is -2.35. The summed E-state index contributed by atoms with van der Waals surface area (Å²) in [7, 11) is -3.82. The van der Waals surface area contributed by atoms with Crippen molar-refractivity contribution < 1.29 is 8.42 Å². The molecule has 1 N–H and O–H groups in total. The van der Waals surface area contributed by atoms with Crippen molar-refractivity contribution in [1.82, 2.24) is 14.2 Å². The van der Waals surface area contributed by atoms with E-state index in [0.29, 0.717) is 24.4 Å². The number of anilines is 2. The fraction of sp³-hybridized carbons (Fsp3) is 0.250. The molecule has 160 valence electrons. The number of nitriles is 1. The van der Waals surface area contributed by atoms with Crippen LogP contribution in [0.1, 0.15) is 11.1 Å². The van der Waals surface area contributed by atoms with Gasteiger partial charge < -0.3 is 4.90 Å². The summed E-state index contributed by atoms with van der Waals surface area (Å²) in [6, 6.07) is 7.43. The number of rotatable bonds is 5. The van der Waals surface area contributed by atoms with Crippen LogP contribution in [0.25, 0.3) is 11.7 Å². The Labute approximate surface area is 183 Å². The molecular weight excluding hydrogens is 436 g/mol. The van der Waals surface area contributed by atoms with Gasteiger partial charge in [0.05, 0.1) is 23.5 Å². The van der Waals surface area contributed by atoms with Crippen LogP contribution in [0, 0.1) is 18.4 Å². The summed E-state index contributed by atoms with van der Waals surface area (Å²) in [5.41, 5.74) is 2.17. The normalized spacial score (nSPS) is 14.8. The van der Waals surface area contributed by atoms with Crippen LogP contribution in [-0.2, 0) is 10.0 Å². The zero-order valence-corrected chi connectivity index (χ0v) is 18.4. The summed E-state index contributed by atoms with van der Waals surface area (Å²) in [6.07, 6.45) is 6.05. The van der Waals surface area contributed by atoms with Gasteiger partial charge in [0, 0.05) is 24.6 Å². The second-order valence-corrected chi connectivity index (χ2v) is 9.83. The molecule has 31 heavy (non-hydrogen) atoms. The van der Waals surface area contributed by atoms with Crippen molar-refractivity contribution in [3.63, 3.8) is 0 Å². The number of hydrogen-bond acceptors (Lipinski definition) is 7. The second-order valence-electron chi connectivity index (χ2n) is 7.04. The predicted molar refractivity (Wildman–Crippen MR) is 123 cm³/mol. The molecule has 0 bridgehead atoms. The number of nitrogens with zero attached hydrogens (tertiary/aromatic N) is 5. The van der Waals surface area contributed by atoms with Gasteiger partial charge in [0.1, 0.15) is 0 Å². The molecule has 9 nitrogen and oxygen atoms in total. The summed E-state index contributed by atoms with van der Waals surface area (Å²) in [6.45, 7) is 3.32. The molecule has 0 atom stereocenters. The lowest BCUT2D eigenvalue weighted by molar-refractivity contribution is 0.609. The first-order chi connectivity index (χ1) is 14.9. The van der Waals surface area contributed by atoms with E-state index in [1.807, 2.05) is 42.3 Å². The number of hydrogen-bond donors (Lipinski definition) is 1. The molecule has 1 aromatic carbocycles. The average Bonchev–Trinajstić information content (AvgIpc) is 3.04. The van der Waals surface area contributed by atoms with Gasteiger partial charge in [-0.05, 0) is 18.6 Å². The highest BCUT2D eigenvalue weighted by molar-refractivity contribution is 7.99. The highest BCUT2D eigenvalue weighted by atomic mass is 32.2. The molecular formula is C20H20N6O3S2. The molecule has 0 radical (unpaired) electrons. The number of aromatic nitrogens is 3. The molecule has 0 spiro atoms. The minimum atomic E-state index is -3.82. The maximum atomic E-state index is 12.8. The monoisotopic (exact) mass is 456 g/mol. The fourth-order valence-corrected chi connectivity index (χ4v) is 5.03. The van der Waals surface area contributed by atoms with E-state index in [-0.39, 0.29) is 5.69 Å². The van der Waals surface area contributed by atoms with E-state index in [4.69, 9.17) is 0 Å². The van der Waals surface area contributed by atoms with E-state index in [9.17, 15) is 18.5 Å². The molecule has 4 rings (SSSR count). The molecule has 3 aromatic rings. The van der Waals surface area contributed by atoms with Gasteiger partial charge in [0.15, 0.2) is 11.3 Å². The minimum Gasteiger partial charge on any atom is -0.362 e. The Morgan fingerprint density at radius 3 is 2.61 bits per heavy atom. The Morgan fingerprint density at radius 2 is 1.94 bits per heavy atom. The highest BCUT2D eigenvalue weighted by Gasteiger charge is 2.23. The lowest BCUT2D eigenvalue weighted by atomic mass is 10.2. The van der Waals surface area contributed by atoms with Crippen LogP contribution < -0.4 is 15.2 Å². The summed E-state index contributed by atoms with van der Waals surface area (Å²) in [4.78, 5) is 19.0. The maximum absolute atomic E-state index is 12.8. The lowest BCUT2D eigenvalue weighted by Gasteiger charge is -2.26. The maximum Gasteiger partial charge on any atom is 0.306 e. The van der Waals surface area contributed by atoms with Crippen LogP contribution in [0.4, 0.5) is 11.4 Å². The van der Waals surface area contributed by atoms with Gasteiger partial charge in [-0.1, -0.05) is 29.8 Å². The number of fused-ring (bicyclic) bond motifs is 1. The molecule has 0 amide bonds. The van der Waals surface area contributed by atoms with Gasteiger partial charge in [-0.15, -0.1) is 4.68 Å². The van der Waals surface area contributed by atoms with Gasteiger partial charge in [-0.3, -0.25) is 9.52 Å². The summed E-state index contributed by atoms with van der Waals surface area (Å²) < 4.78 is 29.5. The molecule has 1 aliphatic rings. The predicted octanol–water partition coefficient (Wildman–Crippen LogP) is 2.10. The molecule has 2 aromatic heterocycles. The molecule has 1 aliphatic heterocycles. The third kappa shape index (κ3) is 4.45. The summed E-state index contributed by atoms with van der Waals surface area (Å²) in [5, 5.41) is 10.5. The number of thioether (sulfide) groups is 1. The molecule has 0 saturated carbocycles. The van der Waals surface area contributed by atoms with Crippen LogP contribution in [0.3, 0.4) is 0 Å². The van der Waals surface area contributed by atoms with Crippen LogP contribution in [-0.4, -0.2) is 47.2 Å². The summed E-state index contributed by atoms with van der Waals surface area (Å²) in [5.74, 6) is 1.77. The largest absolute Gasteiger partial charge is 0.362 e. The Kier molecular flexibility index (Phi) is 5.75. The number of nitrogens with one attached hydrogen (secondary N) is 1. The Hall–Kier alpha value is -3.23. The van der Waals surface area contributed by atoms with E-state index >= 15 is 0 Å². The first kappa shape index (κ1) is 21.0. The van der Waals surface area contributed by atoms with E-state index < -0.39 is 15.6 Å². The SMILES string of the molecule is Cc1ccc(C=CS(=O)(=O)Nc2cnc3c(N4CCSCC4)c(=O)n(C#N)n3c2)cc1. The van der Waals surface area contributed by atoms with Crippen molar-refractivity contribution in [2.45, 2.75) is 6.92 Å². The standard InChI is InChI=1S/C20H20N6O3S2/c1-15-2-4-16(5-3-15)6-11-31(28,29)23-17-12-22-19-18(24-7-9-30-10-8-24)20(27)26(14-21)25(19)13-17/h2-6,11-13,23H,7-10H2,1H3. The van der Waals surface area contributed by atoms with Crippen molar-refractivity contribution in [3.05, 3.63) is 63.5 Å². The van der Waals surface area contributed by atoms with E-state index in [1.54, 1.807) is 11.8 Å². The summed E-state index contributed by atoms with van der Waals surface area (Å²) >= 11 is 1.80. The number of benzene rings is 1. The van der Waals surface area contributed by atoms with E-state index in [2.05, 4.69) is 9.71 Å². The van der Waals surface area contributed by atoms with Gasteiger partial charge in [-0.25, -0.2) is 17.9 Å². The van der Waals surface area contributed by atoms with Gasteiger partial charge in [0.2, 0.25) is 6.19 Å². The van der Waals surface area contributed by atoms with Crippen molar-refractivity contribution in [1.29, 1.82) is 5.26 Å². The van der Waals surface area contributed by atoms with Gasteiger partial charge >= 0.3 is 5.56 Å². The van der Waals surface area contributed by atoms with Crippen molar-refractivity contribution >= 4 is 44.9 Å². The molecule has 11 heteroatoms. The third-order valence-corrected chi connectivity index (χ3v) is 6.78. The molecule has 1 saturated heterocycles. The number of aryl methyl sites for hydroxylation is 1. The third-order valence-electron chi connectivity index (χ3n) is 4.83. The van der Waals surface area contributed by atoms with Crippen LogP contribution in [0.2, 0.25) is 0 Å². The van der Waals surface area contributed by atoms with E-state index in [0.717, 1.165) is 32.7 Å². The van der Waals surface area contributed by atoms with E-state index in [1.165, 1.54) is 23.0 Å². The van der Waals surface area contributed by atoms with Crippen LogP contribution in [0.5, 0.6) is 0 Å².